The lowest BCUT2D eigenvalue weighted by molar-refractivity contribution is 0.283. The molecule has 1 rings (SSSR count). The van der Waals surface area contributed by atoms with Gasteiger partial charge in [-0.3, -0.25) is 10.4 Å². The molecule has 0 unspecified atom stereocenters. The van der Waals surface area contributed by atoms with Crippen LogP contribution >= 0.6 is 11.6 Å². The molecule has 0 atom stereocenters. The van der Waals surface area contributed by atoms with Gasteiger partial charge in [-0.25, -0.2) is 4.39 Å². The van der Waals surface area contributed by atoms with Crippen molar-refractivity contribution in [2.45, 2.75) is 6.54 Å². The Morgan fingerprint density at radius 2 is 2.15 bits per heavy atom. The van der Waals surface area contributed by atoms with E-state index in [1.165, 1.54) is 6.07 Å². The lowest BCUT2D eigenvalue weighted by Gasteiger charge is -2.12. The van der Waals surface area contributed by atoms with Gasteiger partial charge >= 0.3 is 0 Å². The quantitative estimate of drug-likeness (QED) is 0.755. The van der Waals surface area contributed by atoms with Crippen LogP contribution in [-0.2, 0) is 6.54 Å². The van der Waals surface area contributed by atoms with Crippen molar-refractivity contribution in [1.29, 1.82) is 0 Å². The molecule has 1 N–H and O–H groups in total. The smallest absolute Gasteiger partial charge is 0.129 e. The van der Waals surface area contributed by atoms with Gasteiger partial charge in [0, 0.05) is 31.2 Å². The van der Waals surface area contributed by atoms with Crippen molar-refractivity contribution in [3.05, 3.63) is 34.6 Å². The highest BCUT2D eigenvalue weighted by molar-refractivity contribution is 6.30. The van der Waals surface area contributed by atoms with E-state index in [2.05, 4.69) is 5.43 Å². The van der Waals surface area contributed by atoms with E-state index in [9.17, 15) is 4.39 Å². The van der Waals surface area contributed by atoms with Crippen molar-refractivity contribution in [2.24, 2.45) is 0 Å². The first-order chi connectivity index (χ1) is 6.09. The van der Waals surface area contributed by atoms with E-state index < -0.39 is 0 Å². The van der Waals surface area contributed by atoms with Crippen LogP contribution in [0.4, 0.5) is 4.39 Å². The van der Waals surface area contributed by atoms with Crippen molar-refractivity contribution < 1.29 is 4.39 Å². The number of nitrogens with one attached hydrogen (secondary N) is 1. The van der Waals surface area contributed by atoms with E-state index in [4.69, 9.17) is 11.6 Å². The van der Waals surface area contributed by atoms with Crippen molar-refractivity contribution >= 4 is 11.6 Å². The van der Waals surface area contributed by atoms with Crippen molar-refractivity contribution in [1.82, 2.24) is 10.4 Å². The zero-order chi connectivity index (χ0) is 9.84. The molecule has 4 heteroatoms. The normalized spacial score (nSPS) is 10.8. The van der Waals surface area contributed by atoms with Gasteiger partial charge in [0.2, 0.25) is 0 Å². The summed E-state index contributed by atoms with van der Waals surface area (Å²) in [5.41, 5.74) is 3.58. The number of halogens is 2. The third kappa shape index (κ3) is 3.30. The van der Waals surface area contributed by atoms with Gasteiger partial charge in [0.25, 0.3) is 0 Å². The molecule has 0 heterocycles. The summed E-state index contributed by atoms with van der Waals surface area (Å²) in [5, 5.41) is 2.19. The molecule has 0 saturated carbocycles. The summed E-state index contributed by atoms with van der Waals surface area (Å²) in [6.45, 7) is 0.468. The molecule has 1 aromatic rings. The minimum Gasteiger partial charge on any atom is -0.251 e. The largest absolute Gasteiger partial charge is 0.251 e. The van der Waals surface area contributed by atoms with E-state index in [0.717, 1.165) is 0 Å². The van der Waals surface area contributed by atoms with Crippen molar-refractivity contribution in [2.75, 3.05) is 14.1 Å². The Kier molecular flexibility index (Phi) is 3.66. The molecule has 0 saturated heterocycles. The Balaban J connectivity index is 2.67. The number of hydrogen-bond acceptors (Lipinski definition) is 2. The summed E-state index contributed by atoms with van der Waals surface area (Å²) in [7, 11) is 3.71. The topological polar surface area (TPSA) is 15.3 Å². The summed E-state index contributed by atoms with van der Waals surface area (Å²) in [5.74, 6) is -0.276. The lowest BCUT2D eigenvalue weighted by atomic mass is 10.2. The molecular formula is C9H12ClFN2. The fraction of sp³-hybridized carbons (Fsp3) is 0.333. The Morgan fingerprint density at radius 1 is 1.46 bits per heavy atom. The number of rotatable bonds is 3. The average molecular weight is 203 g/mol. The molecule has 0 amide bonds. The van der Waals surface area contributed by atoms with Crippen LogP contribution in [0.5, 0.6) is 0 Å². The Hall–Kier alpha value is -0.640. The van der Waals surface area contributed by atoms with Crippen LogP contribution in [0.3, 0.4) is 0 Å². The van der Waals surface area contributed by atoms with Crippen LogP contribution in [-0.4, -0.2) is 19.1 Å². The van der Waals surface area contributed by atoms with E-state index >= 15 is 0 Å². The van der Waals surface area contributed by atoms with Gasteiger partial charge in [-0.05, 0) is 12.1 Å². The standard InChI is InChI=1S/C9H12ClFN2/c1-13(2)12-6-7-3-4-8(10)5-9(7)11/h3-5,12H,6H2,1-2H3. The first-order valence-corrected chi connectivity index (χ1v) is 4.32. The highest BCUT2D eigenvalue weighted by Gasteiger charge is 2.02. The fourth-order valence-corrected chi connectivity index (χ4v) is 1.07. The maximum absolute atomic E-state index is 13.2. The molecule has 1 aromatic carbocycles. The molecule has 0 bridgehead atoms. The molecule has 72 valence electrons. The molecule has 0 aromatic heterocycles. The second-order valence-electron chi connectivity index (χ2n) is 2.97. The van der Waals surface area contributed by atoms with E-state index in [-0.39, 0.29) is 5.82 Å². The first-order valence-electron chi connectivity index (χ1n) is 3.94. The third-order valence-corrected chi connectivity index (χ3v) is 1.84. The summed E-state index contributed by atoms with van der Waals surface area (Å²) >= 11 is 5.61. The van der Waals surface area contributed by atoms with Crippen LogP contribution in [0.25, 0.3) is 0 Å². The zero-order valence-corrected chi connectivity index (χ0v) is 8.40. The second-order valence-corrected chi connectivity index (χ2v) is 3.40. The number of hydrogen-bond donors (Lipinski definition) is 1. The average Bonchev–Trinajstić information content (AvgIpc) is 2.02. The number of benzene rings is 1. The SMILES string of the molecule is CN(C)NCc1ccc(Cl)cc1F. The molecule has 0 fully saturated rings. The maximum atomic E-state index is 13.2. The monoisotopic (exact) mass is 202 g/mol. The number of hydrazine groups is 1. The summed E-state index contributed by atoms with van der Waals surface area (Å²) < 4.78 is 13.2. The van der Waals surface area contributed by atoms with Crippen LogP contribution in [0, 0.1) is 5.82 Å². The summed E-state index contributed by atoms with van der Waals surface area (Å²) in [6.07, 6.45) is 0. The molecule has 2 nitrogen and oxygen atoms in total. The van der Waals surface area contributed by atoms with Crippen LogP contribution in [0.2, 0.25) is 5.02 Å². The van der Waals surface area contributed by atoms with E-state index in [0.29, 0.717) is 17.1 Å². The van der Waals surface area contributed by atoms with Crippen molar-refractivity contribution in [3.63, 3.8) is 0 Å². The molecule has 13 heavy (non-hydrogen) atoms. The van der Waals surface area contributed by atoms with E-state index in [1.807, 2.05) is 14.1 Å². The molecule has 0 aliphatic carbocycles. The van der Waals surface area contributed by atoms with Gasteiger partial charge in [0.15, 0.2) is 0 Å². The van der Waals surface area contributed by atoms with E-state index in [1.54, 1.807) is 17.1 Å². The Morgan fingerprint density at radius 3 is 2.69 bits per heavy atom. The van der Waals surface area contributed by atoms with Gasteiger partial charge in [-0.15, -0.1) is 0 Å². The van der Waals surface area contributed by atoms with Crippen LogP contribution in [0.1, 0.15) is 5.56 Å². The summed E-state index contributed by atoms with van der Waals surface area (Å²) in [4.78, 5) is 0. The van der Waals surface area contributed by atoms with Gasteiger partial charge in [0.1, 0.15) is 5.82 Å². The highest BCUT2D eigenvalue weighted by Crippen LogP contribution is 2.14. The van der Waals surface area contributed by atoms with Gasteiger partial charge < -0.3 is 0 Å². The maximum Gasteiger partial charge on any atom is 0.129 e. The summed E-state index contributed by atoms with van der Waals surface area (Å²) in [6, 6.07) is 4.67. The lowest BCUT2D eigenvalue weighted by Crippen LogP contribution is -2.29. The van der Waals surface area contributed by atoms with Gasteiger partial charge in [0.05, 0.1) is 0 Å². The minimum absolute atomic E-state index is 0.276. The predicted octanol–water partition coefficient (Wildman–Crippen LogP) is 2.05. The highest BCUT2D eigenvalue weighted by atomic mass is 35.5. The van der Waals surface area contributed by atoms with Crippen molar-refractivity contribution in [3.8, 4) is 0 Å². The molecule has 0 radical (unpaired) electrons. The Labute approximate surface area is 82.3 Å². The number of nitrogens with zero attached hydrogens (tertiary/aromatic N) is 1. The van der Waals surface area contributed by atoms with Gasteiger partial charge in [-0.2, -0.15) is 0 Å². The molecule has 0 spiro atoms. The van der Waals surface area contributed by atoms with Gasteiger partial charge in [-0.1, -0.05) is 17.7 Å². The minimum atomic E-state index is -0.276. The predicted molar refractivity (Wildman–Crippen MR) is 51.9 cm³/mol. The first kappa shape index (κ1) is 10.4. The van der Waals surface area contributed by atoms with Crippen LogP contribution in [0.15, 0.2) is 18.2 Å². The third-order valence-electron chi connectivity index (χ3n) is 1.60. The second kappa shape index (κ2) is 4.56. The molecule has 0 aliphatic rings. The Bertz CT molecular complexity index is 289. The fourth-order valence-electron chi connectivity index (χ4n) is 0.908. The molecule has 0 aliphatic heterocycles. The zero-order valence-electron chi connectivity index (χ0n) is 7.64. The molecular weight excluding hydrogens is 191 g/mol. The van der Waals surface area contributed by atoms with Crippen LogP contribution < -0.4 is 5.43 Å².